The average Bonchev–Trinajstić information content (AvgIpc) is 2.75. The number of amides is 1. The summed E-state index contributed by atoms with van der Waals surface area (Å²) in [5.41, 5.74) is 1.22. The molecule has 0 aliphatic heterocycles. The molecular formula is C14H22BrNOS. The molecule has 1 unspecified atom stereocenters. The third-order valence-electron chi connectivity index (χ3n) is 3.08. The van der Waals surface area contributed by atoms with Crippen LogP contribution in [0.15, 0.2) is 11.4 Å². The lowest BCUT2D eigenvalue weighted by molar-refractivity contribution is 0.0904. The van der Waals surface area contributed by atoms with Crippen molar-refractivity contribution in [2.45, 2.75) is 46.6 Å². The smallest absolute Gasteiger partial charge is 0.261 e. The number of thiophene rings is 1. The van der Waals surface area contributed by atoms with E-state index in [4.69, 9.17) is 0 Å². The molecule has 1 amide bonds. The first-order chi connectivity index (χ1) is 8.40. The Labute approximate surface area is 122 Å². The number of carbonyl (C=O) groups excluding carboxylic acids is 1. The Kier molecular flexibility index (Phi) is 5.86. The molecule has 1 aromatic rings. The van der Waals surface area contributed by atoms with E-state index in [9.17, 15) is 4.79 Å². The topological polar surface area (TPSA) is 29.1 Å². The number of alkyl halides is 1. The van der Waals surface area contributed by atoms with Crippen molar-refractivity contribution in [3.63, 3.8) is 0 Å². The Morgan fingerprint density at radius 3 is 2.67 bits per heavy atom. The van der Waals surface area contributed by atoms with Crippen LogP contribution in [0.2, 0.25) is 0 Å². The summed E-state index contributed by atoms with van der Waals surface area (Å²) in [5.74, 6) is 0.0720. The van der Waals surface area contributed by atoms with E-state index in [1.54, 1.807) is 0 Å². The van der Waals surface area contributed by atoms with E-state index in [0.29, 0.717) is 0 Å². The second kappa shape index (κ2) is 6.71. The Balaban J connectivity index is 2.79. The van der Waals surface area contributed by atoms with Gasteiger partial charge in [-0.2, -0.15) is 0 Å². The largest absolute Gasteiger partial charge is 0.348 e. The summed E-state index contributed by atoms with van der Waals surface area (Å²) in [4.78, 5) is 13.2. The molecule has 0 fully saturated rings. The SMILES string of the molecule is CCc1ccsc1C(=O)NC(CCBr)C(C)(C)C. The second-order valence-electron chi connectivity index (χ2n) is 5.50. The minimum Gasteiger partial charge on any atom is -0.348 e. The van der Waals surface area contributed by atoms with Gasteiger partial charge in [0, 0.05) is 11.4 Å². The second-order valence-corrected chi connectivity index (χ2v) is 7.21. The molecule has 0 spiro atoms. The van der Waals surface area contributed by atoms with Crippen molar-refractivity contribution in [2.75, 3.05) is 5.33 Å². The van der Waals surface area contributed by atoms with Gasteiger partial charge in [-0.25, -0.2) is 0 Å². The first-order valence-corrected chi connectivity index (χ1v) is 8.33. The zero-order chi connectivity index (χ0) is 13.8. The highest BCUT2D eigenvalue weighted by Crippen LogP contribution is 2.24. The minimum atomic E-state index is 0.0720. The van der Waals surface area contributed by atoms with Crippen molar-refractivity contribution in [3.8, 4) is 0 Å². The number of halogens is 1. The molecular weight excluding hydrogens is 310 g/mol. The van der Waals surface area contributed by atoms with E-state index in [2.05, 4.69) is 48.9 Å². The predicted octanol–water partition coefficient (Wildman–Crippen LogP) is 4.24. The molecule has 0 saturated carbocycles. The van der Waals surface area contributed by atoms with Gasteiger partial charge in [-0.05, 0) is 35.3 Å². The molecule has 0 bridgehead atoms. The summed E-state index contributed by atoms with van der Waals surface area (Å²) >= 11 is 4.99. The highest BCUT2D eigenvalue weighted by Gasteiger charge is 2.26. The molecule has 18 heavy (non-hydrogen) atoms. The molecule has 1 heterocycles. The van der Waals surface area contributed by atoms with Crippen molar-refractivity contribution in [2.24, 2.45) is 5.41 Å². The molecule has 1 rings (SSSR count). The van der Waals surface area contributed by atoms with Gasteiger partial charge in [0.2, 0.25) is 0 Å². The number of carbonyl (C=O) groups is 1. The number of rotatable bonds is 5. The maximum absolute atomic E-state index is 12.3. The van der Waals surface area contributed by atoms with Gasteiger partial charge in [-0.1, -0.05) is 43.6 Å². The number of nitrogens with one attached hydrogen (secondary N) is 1. The monoisotopic (exact) mass is 331 g/mol. The molecule has 4 heteroatoms. The summed E-state index contributed by atoms with van der Waals surface area (Å²) < 4.78 is 0. The Morgan fingerprint density at radius 2 is 2.17 bits per heavy atom. The van der Waals surface area contributed by atoms with Gasteiger partial charge in [0.05, 0.1) is 4.88 Å². The van der Waals surface area contributed by atoms with Crippen LogP contribution < -0.4 is 5.32 Å². The van der Waals surface area contributed by atoms with Crippen LogP contribution in [0.5, 0.6) is 0 Å². The van der Waals surface area contributed by atoms with Crippen LogP contribution in [0.3, 0.4) is 0 Å². The molecule has 1 N–H and O–H groups in total. The Bertz CT molecular complexity index is 395. The van der Waals surface area contributed by atoms with Gasteiger partial charge in [0.15, 0.2) is 0 Å². The molecule has 2 nitrogen and oxygen atoms in total. The van der Waals surface area contributed by atoms with Crippen LogP contribution >= 0.6 is 27.3 Å². The molecule has 0 aliphatic rings. The minimum absolute atomic E-state index is 0.0720. The van der Waals surface area contributed by atoms with Crippen LogP contribution in [-0.2, 0) is 6.42 Å². The van der Waals surface area contributed by atoms with Crippen molar-refractivity contribution >= 4 is 33.2 Å². The van der Waals surface area contributed by atoms with Crippen LogP contribution in [-0.4, -0.2) is 17.3 Å². The quantitative estimate of drug-likeness (QED) is 0.803. The van der Waals surface area contributed by atoms with E-state index in [1.807, 2.05) is 11.4 Å². The predicted molar refractivity (Wildman–Crippen MR) is 82.8 cm³/mol. The lowest BCUT2D eigenvalue weighted by Crippen LogP contribution is -2.44. The van der Waals surface area contributed by atoms with Crippen molar-refractivity contribution in [3.05, 3.63) is 21.9 Å². The molecule has 0 saturated heterocycles. The van der Waals surface area contributed by atoms with E-state index in [0.717, 1.165) is 28.6 Å². The van der Waals surface area contributed by atoms with Gasteiger partial charge in [-0.15, -0.1) is 11.3 Å². The number of hydrogen-bond acceptors (Lipinski definition) is 2. The molecule has 0 aliphatic carbocycles. The Morgan fingerprint density at radius 1 is 1.50 bits per heavy atom. The maximum Gasteiger partial charge on any atom is 0.261 e. The summed E-state index contributed by atoms with van der Waals surface area (Å²) in [5, 5.41) is 6.07. The van der Waals surface area contributed by atoms with Gasteiger partial charge in [0.25, 0.3) is 5.91 Å². The first-order valence-electron chi connectivity index (χ1n) is 6.33. The van der Waals surface area contributed by atoms with Crippen molar-refractivity contribution in [1.82, 2.24) is 5.32 Å². The van der Waals surface area contributed by atoms with Gasteiger partial charge in [0.1, 0.15) is 0 Å². The summed E-state index contributed by atoms with van der Waals surface area (Å²) in [7, 11) is 0. The summed E-state index contributed by atoms with van der Waals surface area (Å²) in [6.07, 6.45) is 1.85. The van der Waals surface area contributed by atoms with Crippen LogP contribution in [0.1, 0.15) is 49.4 Å². The van der Waals surface area contributed by atoms with E-state index >= 15 is 0 Å². The zero-order valence-corrected chi connectivity index (χ0v) is 14.0. The molecule has 102 valence electrons. The molecule has 1 atom stereocenters. The van der Waals surface area contributed by atoms with Gasteiger partial charge in [-0.3, -0.25) is 4.79 Å². The molecule has 1 aromatic heterocycles. The fourth-order valence-electron chi connectivity index (χ4n) is 1.87. The fraction of sp³-hybridized carbons (Fsp3) is 0.643. The third-order valence-corrected chi connectivity index (χ3v) is 4.50. The van der Waals surface area contributed by atoms with Crippen molar-refractivity contribution in [1.29, 1.82) is 0 Å². The Hall–Kier alpha value is -0.350. The molecule has 0 radical (unpaired) electrons. The molecule has 0 aromatic carbocycles. The zero-order valence-electron chi connectivity index (χ0n) is 11.5. The van der Waals surface area contributed by atoms with Crippen LogP contribution in [0, 0.1) is 5.41 Å². The average molecular weight is 332 g/mol. The summed E-state index contributed by atoms with van der Waals surface area (Å²) in [6.45, 7) is 8.57. The fourth-order valence-corrected chi connectivity index (χ4v) is 3.22. The lowest BCUT2D eigenvalue weighted by atomic mass is 9.85. The standard InChI is InChI=1S/C14H22BrNOS/c1-5-10-7-9-18-12(10)13(17)16-11(6-8-15)14(2,3)4/h7,9,11H,5-6,8H2,1-4H3,(H,16,17). The van der Waals surface area contributed by atoms with Crippen LogP contribution in [0.4, 0.5) is 0 Å². The third kappa shape index (κ3) is 4.09. The van der Waals surface area contributed by atoms with E-state index in [1.165, 1.54) is 11.3 Å². The first kappa shape index (κ1) is 15.7. The van der Waals surface area contributed by atoms with Crippen LogP contribution in [0.25, 0.3) is 0 Å². The maximum atomic E-state index is 12.3. The highest BCUT2D eigenvalue weighted by molar-refractivity contribution is 9.09. The van der Waals surface area contributed by atoms with Gasteiger partial charge < -0.3 is 5.32 Å². The van der Waals surface area contributed by atoms with Gasteiger partial charge >= 0.3 is 0 Å². The lowest BCUT2D eigenvalue weighted by Gasteiger charge is -2.31. The highest BCUT2D eigenvalue weighted by atomic mass is 79.9. The number of aryl methyl sites for hydroxylation is 1. The normalized spacial score (nSPS) is 13.4. The number of hydrogen-bond donors (Lipinski definition) is 1. The van der Waals surface area contributed by atoms with Crippen molar-refractivity contribution < 1.29 is 4.79 Å². The van der Waals surface area contributed by atoms with E-state index < -0.39 is 0 Å². The summed E-state index contributed by atoms with van der Waals surface area (Å²) in [6, 6.07) is 2.23. The van der Waals surface area contributed by atoms with E-state index in [-0.39, 0.29) is 17.4 Å².